The van der Waals surface area contributed by atoms with Crippen LogP contribution in [0.3, 0.4) is 0 Å². The molecule has 2 nitrogen and oxygen atoms in total. The lowest BCUT2D eigenvalue weighted by Crippen LogP contribution is -2.08. The van der Waals surface area contributed by atoms with Crippen molar-refractivity contribution in [2.45, 2.75) is 176 Å². The van der Waals surface area contributed by atoms with Crippen LogP contribution in [0.4, 0.5) is 0 Å². The van der Waals surface area contributed by atoms with E-state index in [1.54, 1.807) is 0 Å². The van der Waals surface area contributed by atoms with E-state index >= 15 is 0 Å². The van der Waals surface area contributed by atoms with E-state index in [9.17, 15) is 10.5 Å². The third kappa shape index (κ3) is 12.1. The van der Waals surface area contributed by atoms with Gasteiger partial charge in [-0.15, -0.1) is 23.5 Å². The number of unbranched alkanes of at least 4 members (excludes halogenated alkanes) is 18. The summed E-state index contributed by atoms with van der Waals surface area (Å²) in [5, 5.41) is 20.9. The van der Waals surface area contributed by atoms with Crippen molar-refractivity contribution in [3.63, 3.8) is 0 Å². The zero-order valence-corrected chi connectivity index (χ0v) is 29.6. The van der Waals surface area contributed by atoms with Crippen molar-refractivity contribution in [1.82, 2.24) is 0 Å². The van der Waals surface area contributed by atoms with E-state index in [4.69, 9.17) is 0 Å². The van der Waals surface area contributed by atoms with Gasteiger partial charge in [0.05, 0.1) is 11.1 Å². The normalized spacial score (nSPS) is 12.5. The van der Waals surface area contributed by atoms with Crippen molar-refractivity contribution in [1.29, 1.82) is 10.5 Å². The molecular weight excluding hydrogens is 573 g/mol. The Balaban J connectivity index is 1.68. The minimum absolute atomic E-state index is 0.672. The minimum atomic E-state index is 0.672. The molecule has 0 aliphatic carbocycles. The van der Waals surface area contributed by atoms with Crippen LogP contribution < -0.4 is 0 Å². The number of nitrogens with zero attached hydrogens (tertiary/aromatic N) is 2. The van der Waals surface area contributed by atoms with Gasteiger partial charge in [0.25, 0.3) is 0 Å². The van der Waals surface area contributed by atoms with E-state index in [1.807, 2.05) is 23.5 Å². The average molecular weight is 631 g/mol. The lowest BCUT2D eigenvalue weighted by molar-refractivity contribution is 0.554. The molecule has 0 saturated carbocycles. The molecule has 1 heterocycles. The Morgan fingerprint density at radius 2 is 0.818 bits per heavy atom. The summed E-state index contributed by atoms with van der Waals surface area (Å²) >= 11 is 3.83. The van der Waals surface area contributed by atoms with Crippen LogP contribution >= 0.6 is 23.5 Å². The summed E-state index contributed by atoms with van der Waals surface area (Å²) in [7, 11) is 0. The van der Waals surface area contributed by atoms with Crippen LogP contribution in [0.5, 0.6) is 0 Å². The van der Waals surface area contributed by atoms with Crippen molar-refractivity contribution in [2.75, 3.05) is 0 Å². The van der Waals surface area contributed by atoms with Crippen molar-refractivity contribution in [3.8, 4) is 12.1 Å². The van der Waals surface area contributed by atoms with Crippen molar-refractivity contribution in [2.24, 2.45) is 0 Å². The van der Waals surface area contributed by atoms with Crippen molar-refractivity contribution < 1.29 is 0 Å². The van der Waals surface area contributed by atoms with Crippen LogP contribution in [0.25, 0.3) is 0 Å². The third-order valence-corrected chi connectivity index (χ3v) is 11.8. The van der Waals surface area contributed by atoms with Gasteiger partial charge in [-0.25, -0.2) is 0 Å². The summed E-state index contributed by atoms with van der Waals surface area (Å²) in [6.07, 6.45) is 27.9. The Labute approximate surface area is 279 Å². The fourth-order valence-corrected chi connectivity index (χ4v) is 9.33. The Hall–Kier alpha value is -1.88. The largest absolute Gasteiger partial charge is 0.192 e. The van der Waals surface area contributed by atoms with Crippen LogP contribution in [0.15, 0.2) is 34.1 Å². The maximum Gasteiger partial charge on any atom is 0.101 e. The first-order chi connectivity index (χ1) is 21.7. The van der Waals surface area contributed by atoms with Gasteiger partial charge in [0.15, 0.2) is 0 Å². The third-order valence-electron chi connectivity index (χ3n) is 9.25. The highest BCUT2D eigenvalue weighted by atomic mass is 32.2. The number of benzene rings is 2. The van der Waals surface area contributed by atoms with E-state index in [1.165, 1.54) is 136 Å². The molecule has 3 rings (SSSR count). The van der Waals surface area contributed by atoms with Gasteiger partial charge < -0.3 is 0 Å². The number of nitriles is 2. The number of hydrogen-bond acceptors (Lipinski definition) is 4. The highest BCUT2D eigenvalue weighted by Crippen LogP contribution is 2.46. The van der Waals surface area contributed by atoms with E-state index in [2.05, 4.69) is 50.3 Å². The Bertz CT molecular complexity index is 1100. The SMILES string of the molecule is CCCCCCCCCCCCc1c(C#N)c(C#N)c(CCCCCCCCCCCC)c2c1SCc1ccccc1CS2. The second-order valence-electron chi connectivity index (χ2n) is 12.8. The summed E-state index contributed by atoms with van der Waals surface area (Å²) in [5.41, 5.74) is 6.46. The maximum absolute atomic E-state index is 10.4. The second-order valence-corrected chi connectivity index (χ2v) is 14.8. The van der Waals surface area contributed by atoms with Crippen LogP contribution in [0, 0.1) is 22.7 Å². The maximum atomic E-state index is 10.4. The van der Waals surface area contributed by atoms with E-state index in [0.717, 1.165) is 48.3 Å². The molecule has 2 aromatic carbocycles. The van der Waals surface area contributed by atoms with E-state index in [-0.39, 0.29) is 0 Å². The van der Waals surface area contributed by atoms with Gasteiger partial charge in [-0.05, 0) is 47.9 Å². The monoisotopic (exact) mass is 630 g/mol. The average Bonchev–Trinajstić information content (AvgIpc) is 3.03. The van der Waals surface area contributed by atoms with Gasteiger partial charge >= 0.3 is 0 Å². The van der Waals surface area contributed by atoms with Gasteiger partial charge in [0, 0.05) is 21.3 Å². The zero-order chi connectivity index (χ0) is 31.2. The van der Waals surface area contributed by atoms with Gasteiger partial charge in [-0.3, -0.25) is 0 Å². The fraction of sp³-hybridized carbons (Fsp3) is 0.650. The molecule has 0 aromatic heterocycles. The molecule has 1 aliphatic heterocycles. The summed E-state index contributed by atoms with van der Waals surface area (Å²) < 4.78 is 0. The molecule has 240 valence electrons. The molecule has 0 saturated heterocycles. The van der Waals surface area contributed by atoms with Crippen molar-refractivity contribution in [3.05, 3.63) is 57.6 Å². The first-order valence-corrected chi connectivity index (χ1v) is 20.1. The van der Waals surface area contributed by atoms with Crippen LogP contribution in [-0.2, 0) is 24.3 Å². The quantitative estimate of drug-likeness (QED) is 0.121. The van der Waals surface area contributed by atoms with Crippen LogP contribution in [0.2, 0.25) is 0 Å². The molecule has 0 N–H and O–H groups in total. The number of fused-ring (bicyclic) bond motifs is 2. The Kier molecular flexibility index (Phi) is 18.8. The van der Waals surface area contributed by atoms with E-state index < -0.39 is 0 Å². The molecule has 0 spiro atoms. The molecular formula is C40H58N2S2. The summed E-state index contributed by atoms with van der Waals surface area (Å²) in [5.74, 6) is 1.87. The smallest absolute Gasteiger partial charge is 0.101 e. The lowest BCUT2D eigenvalue weighted by Gasteiger charge is -2.24. The molecule has 0 radical (unpaired) electrons. The molecule has 0 amide bonds. The Morgan fingerprint density at radius 1 is 0.500 bits per heavy atom. The number of thioether (sulfide) groups is 2. The van der Waals surface area contributed by atoms with Crippen LogP contribution in [-0.4, -0.2) is 0 Å². The molecule has 0 atom stereocenters. The fourth-order valence-electron chi connectivity index (χ4n) is 6.55. The molecule has 0 unspecified atom stereocenters. The summed E-state index contributed by atoms with van der Waals surface area (Å²) in [4.78, 5) is 2.61. The van der Waals surface area contributed by atoms with Gasteiger partial charge in [-0.2, -0.15) is 10.5 Å². The van der Waals surface area contributed by atoms with Crippen LogP contribution in [0.1, 0.15) is 176 Å². The molecule has 0 bridgehead atoms. The number of hydrogen-bond donors (Lipinski definition) is 0. The second kappa shape index (κ2) is 22.6. The first-order valence-electron chi connectivity index (χ1n) is 18.1. The zero-order valence-electron chi connectivity index (χ0n) is 28.0. The molecule has 1 aliphatic rings. The van der Waals surface area contributed by atoms with Crippen molar-refractivity contribution >= 4 is 23.5 Å². The molecule has 2 aromatic rings. The summed E-state index contributed by atoms with van der Waals surface area (Å²) in [6.45, 7) is 4.56. The molecule has 4 heteroatoms. The van der Waals surface area contributed by atoms with E-state index in [0.29, 0.717) is 11.1 Å². The minimum Gasteiger partial charge on any atom is -0.192 e. The van der Waals surface area contributed by atoms with Gasteiger partial charge in [0.2, 0.25) is 0 Å². The van der Waals surface area contributed by atoms with Gasteiger partial charge in [-0.1, -0.05) is 154 Å². The predicted molar refractivity (Wildman–Crippen MR) is 193 cm³/mol. The predicted octanol–water partition coefficient (Wildman–Crippen LogP) is 13.3. The molecule has 44 heavy (non-hydrogen) atoms. The topological polar surface area (TPSA) is 47.6 Å². The Morgan fingerprint density at radius 3 is 1.14 bits per heavy atom. The summed E-state index contributed by atoms with van der Waals surface area (Å²) in [6, 6.07) is 13.9. The number of rotatable bonds is 22. The highest BCUT2D eigenvalue weighted by Gasteiger charge is 2.26. The standard InChI is InChI=1S/C40H58N2S2/c1-3-5-7-9-11-13-15-17-19-21-27-35-37(29-41)38(30-42)36(28-22-20-18-16-14-12-10-8-6-4-2)40-39(35)43-31-33-25-23-24-26-34(33)32-44-40/h23-26H,3-22,27-28,31-32H2,1-2H3. The molecule has 0 fully saturated rings. The van der Waals surface area contributed by atoms with Gasteiger partial charge in [0.1, 0.15) is 12.1 Å². The highest BCUT2D eigenvalue weighted by molar-refractivity contribution is 8.01. The lowest BCUT2D eigenvalue weighted by atomic mass is 9.91. The first kappa shape index (κ1) is 36.6.